The minimum Gasteiger partial charge on any atom is -0.459 e. The van der Waals surface area contributed by atoms with Crippen LogP contribution in [0.1, 0.15) is 16.8 Å². The fraction of sp³-hybridized carbons (Fsp3) is 0.125. The molecular formula is C24H20N2O3. The van der Waals surface area contributed by atoms with E-state index in [1.807, 2.05) is 73.7 Å². The van der Waals surface area contributed by atoms with Crippen molar-refractivity contribution in [1.82, 2.24) is 9.38 Å². The highest BCUT2D eigenvalue weighted by Crippen LogP contribution is 2.19. The summed E-state index contributed by atoms with van der Waals surface area (Å²) in [4.78, 5) is 28.8. The van der Waals surface area contributed by atoms with Gasteiger partial charge >= 0.3 is 5.97 Å². The molecule has 0 saturated heterocycles. The molecule has 5 heteroatoms. The number of benzene rings is 2. The maximum atomic E-state index is 12.2. The highest BCUT2D eigenvalue weighted by Gasteiger charge is 2.08. The molecule has 0 radical (unpaired) electrons. The van der Waals surface area contributed by atoms with Gasteiger partial charge in [-0.1, -0.05) is 54.6 Å². The van der Waals surface area contributed by atoms with Gasteiger partial charge in [0.05, 0.1) is 12.1 Å². The predicted octanol–water partition coefficient (Wildman–Crippen LogP) is 3.96. The lowest BCUT2D eigenvalue weighted by Crippen LogP contribution is -2.17. The summed E-state index contributed by atoms with van der Waals surface area (Å²) in [7, 11) is 0. The van der Waals surface area contributed by atoms with Gasteiger partial charge in [0.1, 0.15) is 12.3 Å². The summed E-state index contributed by atoms with van der Waals surface area (Å²) in [5.74, 6) is -0.358. The molecule has 0 aliphatic carbocycles. The fourth-order valence-corrected chi connectivity index (χ4v) is 3.15. The van der Waals surface area contributed by atoms with Crippen molar-refractivity contribution < 1.29 is 9.53 Å². The quantitative estimate of drug-likeness (QED) is 0.489. The molecule has 0 amide bonds. The lowest BCUT2D eigenvalue weighted by atomic mass is 10.0. The SMILES string of the molecule is Cc1ccn2c(=O)cc(COC(=O)Cc3ccc(-c4ccccc4)cc3)nc2c1. The van der Waals surface area contributed by atoms with Gasteiger partial charge < -0.3 is 4.74 Å². The first-order valence-electron chi connectivity index (χ1n) is 9.37. The molecule has 0 N–H and O–H groups in total. The Morgan fingerprint density at radius 3 is 2.45 bits per heavy atom. The summed E-state index contributed by atoms with van der Waals surface area (Å²) in [6, 6.07) is 23.0. The van der Waals surface area contributed by atoms with Crippen molar-refractivity contribution in [3.8, 4) is 11.1 Å². The van der Waals surface area contributed by atoms with Crippen molar-refractivity contribution in [1.29, 1.82) is 0 Å². The van der Waals surface area contributed by atoms with Gasteiger partial charge in [-0.25, -0.2) is 4.98 Å². The van der Waals surface area contributed by atoms with Crippen LogP contribution in [0.25, 0.3) is 16.8 Å². The van der Waals surface area contributed by atoms with Crippen molar-refractivity contribution in [2.75, 3.05) is 0 Å². The number of aromatic nitrogens is 2. The van der Waals surface area contributed by atoms with Gasteiger partial charge in [-0.2, -0.15) is 0 Å². The van der Waals surface area contributed by atoms with Crippen molar-refractivity contribution in [3.05, 3.63) is 106 Å². The molecule has 0 atom stereocenters. The maximum absolute atomic E-state index is 12.2. The molecule has 0 saturated carbocycles. The second-order valence-electron chi connectivity index (χ2n) is 6.92. The first-order valence-corrected chi connectivity index (χ1v) is 9.37. The smallest absolute Gasteiger partial charge is 0.310 e. The Kier molecular flexibility index (Phi) is 5.20. The van der Waals surface area contributed by atoms with Gasteiger partial charge in [-0.15, -0.1) is 0 Å². The van der Waals surface area contributed by atoms with Gasteiger partial charge in [0.2, 0.25) is 0 Å². The number of hydrogen-bond donors (Lipinski definition) is 0. The first kappa shape index (κ1) is 18.6. The molecular weight excluding hydrogens is 364 g/mol. The second-order valence-corrected chi connectivity index (χ2v) is 6.92. The van der Waals surface area contributed by atoms with Crippen LogP contribution in [-0.4, -0.2) is 15.4 Å². The minimum atomic E-state index is -0.358. The van der Waals surface area contributed by atoms with Crippen LogP contribution in [0.5, 0.6) is 0 Å². The van der Waals surface area contributed by atoms with Gasteiger partial charge in [0.15, 0.2) is 0 Å². The van der Waals surface area contributed by atoms with E-state index in [0.717, 1.165) is 22.3 Å². The monoisotopic (exact) mass is 384 g/mol. The van der Waals surface area contributed by atoms with Crippen molar-refractivity contribution >= 4 is 11.6 Å². The Morgan fingerprint density at radius 2 is 1.69 bits per heavy atom. The molecule has 0 aliphatic heterocycles. The molecule has 0 unspecified atom stereocenters. The van der Waals surface area contributed by atoms with Gasteiger partial charge in [-0.3, -0.25) is 14.0 Å². The Morgan fingerprint density at radius 1 is 0.966 bits per heavy atom. The summed E-state index contributed by atoms with van der Waals surface area (Å²) < 4.78 is 6.80. The van der Waals surface area contributed by atoms with Crippen LogP contribution in [0.3, 0.4) is 0 Å². The van der Waals surface area contributed by atoms with Crippen LogP contribution >= 0.6 is 0 Å². The van der Waals surface area contributed by atoms with E-state index >= 15 is 0 Å². The number of hydrogen-bond acceptors (Lipinski definition) is 4. The lowest BCUT2D eigenvalue weighted by Gasteiger charge is -2.07. The number of ether oxygens (including phenoxy) is 1. The van der Waals surface area contributed by atoms with Crippen LogP contribution in [-0.2, 0) is 22.6 Å². The third-order valence-corrected chi connectivity index (χ3v) is 4.67. The molecule has 0 spiro atoms. The molecule has 4 aromatic rings. The second kappa shape index (κ2) is 8.10. The number of pyridine rings is 1. The van der Waals surface area contributed by atoms with Gasteiger partial charge in [-0.05, 0) is 41.3 Å². The van der Waals surface area contributed by atoms with Crippen molar-refractivity contribution in [2.45, 2.75) is 20.0 Å². The predicted molar refractivity (Wildman–Crippen MR) is 112 cm³/mol. The largest absolute Gasteiger partial charge is 0.459 e. The first-order chi connectivity index (χ1) is 14.1. The van der Waals surface area contributed by atoms with E-state index in [-0.39, 0.29) is 24.6 Å². The third-order valence-electron chi connectivity index (χ3n) is 4.67. The molecule has 29 heavy (non-hydrogen) atoms. The fourth-order valence-electron chi connectivity index (χ4n) is 3.15. The summed E-state index contributed by atoms with van der Waals surface area (Å²) >= 11 is 0. The normalized spacial score (nSPS) is 10.8. The van der Waals surface area contributed by atoms with E-state index in [4.69, 9.17) is 4.74 Å². The van der Waals surface area contributed by atoms with Crippen LogP contribution in [0.4, 0.5) is 0 Å². The highest BCUT2D eigenvalue weighted by atomic mass is 16.5. The molecule has 0 fully saturated rings. The van der Waals surface area contributed by atoms with Crippen LogP contribution < -0.4 is 5.56 Å². The zero-order chi connectivity index (χ0) is 20.2. The Labute approximate surface area is 168 Å². The summed E-state index contributed by atoms with van der Waals surface area (Å²) in [5, 5.41) is 0. The number of fused-ring (bicyclic) bond motifs is 1. The molecule has 144 valence electrons. The molecule has 0 aliphatic rings. The number of esters is 1. The van der Waals surface area contributed by atoms with E-state index in [2.05, 4.69) is 4.98 Å². The van der Waals surface area contributed by atoms with Crippen LogP contribution in [0.2, 0.25) is 0 Å². The maximum Gasteiger partial charge on any atom is 0.310 e. The zero-order valence-corrected chi connectivity index (χ0v) is 16.0. The minimum absolute atomic E-state index is 0.0272. The number of rotatable bonds is 5. The van der Waals surface area contributed by atoms with E-state index < -0.39 is 0 Å². The zero-order valence-electron chi connectivity index (χ0n) is 16.0. The van der Waals surface area contributed by atoms with E-state index in [9.17, 15) is 9.59 Å². The molecule has 2 aromatic heterocycles. The van der Waals surface area contributed by atoms with Crippen LogP contribution in [0.15, 0.2) is 83.8 Å². The number of carbonyl (C=O) groups excluding carboxylic acids is 1. The summed E-state index contributed by atoms with van der Waals surface area (Å²) in [6.07, 6.45) is 1.86. The Hall–Kier alpha value is -3.73. The average molecular weight is 384 g/mol. The Balaban J connectivity index is 1.40. The van der Waals surface area contributed by atoms with E-state index in [1.54, 1.807) is 6.20 Å². The third kappa shape index (κ3) is 4.41. The molecule has 4 rings (SSSR count). The number of carbonyl (C=O) groups is 1. The van der Waals surface area contributed by atoms with Gasteiger partial charge in [0, 0.05) is 12.3 Å². The van der Waals surface area contributed by atoms with Gasteiger partial charge in [0.25, 0.3) is 5.56 Å². The summed E-state index contributed by atoms with van der Waals surface area (Å²) in [6.45, 7) is 1.91. The highest BCUT2D eigenvalue weighted by molar-refractivity contribution is 5.73. The Bertz CT molecular complexity index is 1210. The van der Waals surface area contributed by atoms with E-state index in [1.165, 1.54) is 10.5 Å². The number of aryl methyl sites for hydroxylation is 1. The van der Waals surface area contributed by atoms with Crippen molar-refractivity contribution in [2.24, 2.45) is 0 Å². The molecule has 2 heterocycles. The van der Waals surface area contributed by atoms with Crippen molar-refractivity contribution in [3.63, 3.8) is 0 Å². The molecule has 5 nitrogen and oxygen atoms in total. The topological polar surface area (TPSA) is 60.7 Å². The number of nitrogens with zero attached hydrogens (tertiary/aromatic N) is 2. The standard InChI is InChI=1S/C24H20N2O3/c1-17-11-12-26-22(13-17)25-21(15-23(26)27)16-29-24(28)14-18-7-9-20(10-8-18)19-5-3-2-4-6-19/h2-13,15H,14,16H2,1H3. The average Bonchev–Trinajstić information content (AvgIpc) is 2.73. The lowest BCUT2D eigenvalue weighted by molar-refractivity contribution is -0.144. The molecule has 2 aromatic carbocycles. The molecule has 0 bridgehead atoms. The van der Waals surface area contributed by atoms with E-state index in [0.29, 0.717) is 11.3 Å². The summed E-state index contributed by atoms with van der Waals surface area (Å²) in [5.41, 5.74) is 4.89. The van der Waals surface area contributed by atoms with Crippen LogP contribution in [0, 0.1) is 6.92 Å².